The van der Waals surface area contributed by atoms with Crippen molar-refractivity contribution in [1.82, 2.24) is 5.32 Å². The quantitative estimate of drug-likeness (QED) is 0.707. The van der Waals surface area contributed by atoms with E-state index in [9.17, 15) is 16.8 Å². The van der Waals surface area contributed by atoms with Crippen molar-refractivity contribution in [2.24, 2.45) is 0 Å². The third-order valence-corrected chi connectivity index (χ3v) is 5.57. The first-order valence-electron chi connectivity index (χ1n) is 3.81. The number of hydrogen-bond donors (Lipinski definition) is 1. The van der Waals surface area contributed by atoms with E-state index in [0.29, 0.717) is 0 Å². The van der Waals surface area contributed by atoms with Gasteiger partial charge in [-0.3, -0.25) is 0 Å². The fourth-order valence-electron chi connectivity index (χ4n) is 1.48. The zero-order valence-electron chi connectivity index (χ0n) is 7.93. The smallest absolute Gasteiger partial charge is 0.152 e. The van der Waals surface area contributed by atoms with Gasteiger partial charge < -0.3 is 5.32 Å². The SMILES string of the molecule is Br.CS(=O)(=O)[C@H]1CNC[C@@H]1S(C)(=O)=O. The Kier molecular flexibility index (Phi) is 4.57. The molecule has 0 aliphatic carbocycles. The Hall–Kier alpha value is 0.340. The molecule has 1 N–H and O–H groups in total. The van der Waals surface area contributed by atoms with Gasteiger partial charge in [-0.25, -0.2) is 16.8 Å². The average molecular weight is 308 g/mol. The molecular formula is C6H14BrNO4S2. The third-order valence-electron chi connectivity index (χ3n) is 2.21. The first-order valence-corrected chi connectivity index (χ1v) is 7.72. The summed E-state index contributed by atoms with van der Waals surface area (Å²) in [7, 11) is -6.55. The zero-order valence-corrected chi connectivity index (χ0v) is 11.3. The van der Waals surface area contributed by atoms with Crippen molar-refractivity contribution in [3.05, 3.63) is 0 Å². The van der Waals surface area contributed by atoms with Crippen LogP contribution in [0.25, 0.3) is 0 Å². The van der Waals surface area contributed by atoms with E-state index in [4.69, 9.17) is 0 Å². The minimum Gasteiger partial charge on any atom is -0.314 e. The van der Waals surface area contributed by atoms with Gasteiger partial charge >= 0.3 is 0 Å². The number of hydrogen-bond acceptors (Lipinski definition) is 5. The first-order chi connectivity index (χ1) is 5.73. The van der Waals surface area contributed by atoms with Gasteiger partial charge in [0.2, 0.25) is 0 Å². The van der Waals surface area contributed by atoms with E-state index in [1.54, 1.807) is 0 Å². The fraction of sp³-hybridized carbons (Fsp3) is 1.00. The molecule has 0 unspecified atom stereocenters. The van der Waals surface area contributed by atoms with Crippen LogP contribution in [0.2, 0.25) is 0 Å². The van der Waals surface area contributed by atoms with Crippen molar-refractivity contribution in [3.63, 3.8) is 0 Å². The van der Waals surface area contributed by atoms with E-state index in [1.165, 1.54) is 0 Å². The van der Waals surface area contributed by atoms with E-state index >= 15 is 0 Å². The molecule has 5 nitrogen and oxygen atoms in total. The highest BCUT2D eigenvalue weighted by Crippen LogP contribution is 2.16. The van der Waals surface area contributed by atoms with E-state index in [0.717, 1.165) is 12.5 Å². The third kappa shape index (κ3) is 3.18. The molecule has 0 spiro atoms. The normalized spacial score (nSPS) is 28.4. The second-order valence-corrected chi connectivity index (χ2v) is 7.92. The lowest BCUT2D eigenvalue weighted by Crippen LogP contribution is -2.37. The van der Waals surface area contributed by atoms with Gasteiger partial charge in [-0.15, -0.1) is 17.0 Å². The van der Waals surface area contributed by atoms with Gasteiger partial charge in [0.1, 0.15) is 0 Å². The Morgan fingerprint density at radius 3 is 1.43 bits per heavy atom. The highest BCUT2D eigenvalue weighted by atomic mass is 79.9. The van der Waals surface area contributed by atoms with Crippen LogP contribution in [0.1, 0.15) is 0 Å². The summed E-state index contributed by atoms with van der Waals surface area (Å²) < 4.78 is 44.7. The number of rotatable bonds is 2. The molecule has 1 saturated heterocycles. The molecule has 0 amide bonds. The zero-order chi connectivity index (χ0) is 10.3. The highest BCUT2D eigenvalue weighted by molar-refractivity contribution is 8.93. The van der Waals surface area contributed by atoms with Crippen molar-refractivity contribution in [3.8, 4) is 0 Å². The van der Waals surface area contributed by atoms with Gasteiger partial charge in [-0.05, 0) is 0 Å². The molecule has 0 bridgehead atoms. The molecule has 1 aliphatic heterocycles. The summed E-state index contributed by atoms with van der Waals surface area (Å²) in [6.45, 7) is 0.465. The van der Waals surface area contributed by atoms with Gasteiger partial charge in [-0.1, -0.05) is 0 Å². The average Bonchev–Trinajstić information content (AvgIpc) is 2.27. The lowest BCUT2D eigenvalue weighted by molar-refractivity contribution is 0.573. The van der Waals surface area contributed by atoms with Crippen LogP contribution in [0.15, 0.2) is 0 Å². The summed E-state index contributed by atoms with van der Waals surface area (Å²) in [5, 5.41) is 1.20. The largest absolute Gasteiger partial charge is 0.314 e. The van der Waals surface area contributed by atoms with E-state index in [2.05, 4.69) is 5.32 Å². The monoisotopic (exact) mass is 307 g/mol. The highest BCUT2D eigenvalue weighted by Gasteiger charge is 2.40. The Morgan fingerprint density at radius 1 is 0.929 bits per heavy atom. The summed E-state index contributed by atoms with van der Waals surface area (Å²) in [4.78, 5) is 0. The molecule has 2 atom stereocenters. The van der Waals surface area contributed by atoms with Crippen molar-refractivity contribution in [1.29, 1.82) is 0 Å². The molecule has 0 aromatic heterocycles. The first kappa shape index (κ1) is 14.3. The second-order valence-electron chi connectivity index (χ2n) is 3.39. The molecule has 1 aliphatic rings. The summed E-state index contributed by atoms with van der Waals surface area (Å²) in [6.07, 6.45) is 2.14. The maximum absolute atomic E-state index is 11.2. The molecule has 8 heteroatoms. The van der Waals surface area contributed by atoms with Gasteiger partial charge in [0, 0.05) is 25.6 Å². The van der Waals surface area contributed by atoms with Gasteiger partial charge in [-0.2, -0.15) is 0 Å². The fourth-order valence-corrected chi connectivity index (χ4v) is 4.83. The predicted octanol–water partition coefficient (Wildman–Crippen LogP) is -1.01. The van der Waals surface area contributed by atoms with E-state index in [1.807, 2.05) is 0 Å². The lowest BCUT2D eigenvalue weighted by atomic mass is 10.4. The molecule has 1 heterocycles. The lowest BCUT2D eigenvalue weighted by Gasteiger charge is -2.14. The minimum absolute atomic E-state index is 0. The van der Waals surface area contributed by atoms with Crippen molar-refractivity contribution >= 4 is 36.7 Å². The minimum atomic E-state index is -3.28. The topological polar surface area (TPSA) is 80.3 Å². The van der Waals surface area contributed by atoms with Crippen LogP contribution >= 0.6 is 17.0 Å². The summed E-state index contributed by atoms with van der Waals surface area (Å²) in [5.41, 5.74) is 0. The Balaban J connectivity index is 0.00000169. The maximum atomic E-state index is 11.2. The summed E-state index contributed by atoms with van der Waals surface area (Å²) >= 11 is 0. The van der Waals surface area contributed by atoms with Crippen LogP contribution in [-0.2, 0) is 19.7 Å². The summed E-state index contributed by atoms with van der Waals surface area (Å²) in [5.74, 6) is 0. The van der Waals surface area contributed by atoms with Gasteiger partial charge in [0.05, 0.1) is 10.5 Å². The summed E-state index contributed by atoms with van der Waals surface area (Å²) in [6, 6.07) is 0. The standard InChI is InChI=1S/C6H13NO4S2.BrH/c1-12(8,9)5-3-7-4-6(5)13(2,10)11;/h5-7H,3-4H2,1-2H3;1H/t5-,6-;/m0./s1. The van der Waals surface area contributed by atoms with E-state index in [-0.39, 0.29) is 30.1 Å². The van der Waals surface area contributed by atoms with Crippen LogP contribution in [0, 0.1) is 0 Å². The van der Waals surface area contributed by atoms with Crippen LogP contribution in [0.5, 0.6) is 0 Å². The number of sulfone groups is 2. The number of nitrogens with one attached hydrogen (secondary N) is 1. The van der Waals surface area contributed by atoms with Crippen molar-refractivity contribution < 1.29 is 16.8 Å². The molecule has 0 saturated carbocycles. The van der Waals surface area contributed by atoms with E-state index < -0.39 is 30.2 Å². The van der Waals surface area contributed by atoms with Crippen molar-refractivity contribution in [2.75, 3.05) is 25.6 Å². The molecule has 1 fully saturated rings. The maximum Gasteiger partial charge on any atom is 0.152 e. The molecular weight excluding hydrogens is 294 g/mol. The van der Waals surface area contributed by atoms with Crippen LogP contribution < -0.4 is 5.32 Å². The van der Waals surface area contributed by atoms with Crippen molar-refractivity contribution in [2.45, 2.75) is 10.5 Å². The Bertz CT molecular complexity index is 350. The molecule has 14 heavy (non-hydrogen) atoms. The van der Waals surface area contributed by atoms with Crippen LogP contribution in [0.3, 0.4) is 0 Å². The molecule has 0 radical (unpaired) electrons. The molecule has 1 rings (SSSR count). The van der Waals surface area contributed by atoms with Gasteiger partial charge in [0.15, 0.2) is 19.7 Å². The Labute approximate surface area is 94.9 Å². The van der Waals surface area contributed by atoms with Crippen LogP contribution in [0.4, 0.5) is 0 Å². The second kappa shape index (κ2) is 4.46. The molecule has 86 valence electrons. The molecule has 0 aromatic rings. The number of halogens is 1. The molecule has 0 aromatic carbocycles. The van der Waals surface area contributed by atoms with Gasteiger partial charge in [0.25, 0.3) is 0 Å². The van der Waals surface area contributed by atoms with Crippen LogP contribution in [-0.4, -0.2) is 52.9 Å². The Morgan fingerprint density at radius 2 is 1.21 bits per heavy atom. The predicted molar refractivity (Wildman–Crippen MR) is 60.5 cm³/mol.